The molecule has 2 heterocycles. The highest BCUT2D eigenvalue weighted by Gasteiger charge is 2.29. The lowest BCUT2D eigenvalue weighted by atomic mass is 10.1. The minimum absolute atomic E-state index is 0.514. The normalized spacial score (nSPS) is 15.3. The Hall–Kier alpha value is -1.35. The maximum atomic E-state index is 6.02. The van der Waals surface area contributed by atoms with E-state index in [1.54, 1.807) is 12.4 Å². The fourth-order valence-corrected chi connectivity index (χ4v) is 2.24. The smallest absolute Gasteiger partial charge is 0.0968 e. The van der Waals surface area contributed by atoms with Crippen LogP contribution in [0.4, 0.5) is 0 Å². The van der Waals surface area contributed by atoms with Crippen LogP contribution in [-0.2, 0) is 5.88 Å². The first-order chi connectivity index (χ1) is 7.90. The number of alkyl halides is 1. The number of aromatic amines is 1. The maximum absolute atomic E-state index is 6.02. The van der Waals surface area contributed by atoms with E-state index < -0.39 is 0 Å². The van der Waals surface area contributed by atoms with Gasteiger partial charge in [-0.3, -0.25) is 10.1 Å². The van der Waals surface area contributed by atoms with Gasteiger partial charge in [-0.2, -0.15) is 5.10 Å². The molecule has 1 aliphatic carbocycles. The van der Waals surface area contributed by atoms with Crippen LogP contribution >= 0.6 is 11.6 Å². The van der Waals surface area contributed by atoms with E-state index in [4.69, 9.17) is 11.6 Å². The van der Waals surface area contributed by atoms with Crippen molar-refractivity contribution in [2.45, 2.75) is 24.6 Å². The van der Waals surface area contributed by atoms with E-state index in [9.17, 15) is 0 Å². The summed E-state index contributed by atoms with van der Waals surface area (Å²) in [6, 6.07) is 3.92. The van der Waals surface area contributed by atoms with Crippen molar-refractivity contribution in [2.24, 2.45) is 0 Å². The van der Waals surface area contributed by atoms with Crippen LogP contribution in [0.3, 0.4) is 0 Å². The summed E-state index contributed by atoms with van der Waals surface area (Å²) >= 11 is 6.02. The van der Waals surface area contributed by atoms with E-state index in [0.29, 0.717) is 11.8 Å². The molecule has 0 unspecified atom stereocenters. The van der Waals surface area contributed by atoms with Gasteiger partial charge in [-0.05, 0) is 25.0 Å². The molecule has 2 aromatic heterocycles. The molecule has 0 radical (unpaired) electrons. The second-order valence-corrected chi connectivity index (χ2v) is 4.38. The minimum Gasteiger partial charge on any atom is -0.281 e. The first kappa shape index (κ1) is 9.85. The zero-order valence-corrected chi connectivity index (χ0v) is 9.54. The summed E-state index contributed by atoms with van der Waals surface area (Å²) in [5, 5.41) is 7.51. The van der Waals surface area contributed by atoms with Crippen molar-refractivity contribution < 1.29 is 0 Å². The Labute approximate surface area is 98.9 Å². The third kappa shape index (κ3) is 1.61. The Balaban J connectivity index is 2.07. The monoisotopic (exact) mass is 233 g/mol. The van der Waals surface area contributed by atoms with Gasteiger partial charge >= 0.3 is 0 Å². The molecule has 1 aliphatic rings. The van der Waals surface area contributed by atoms with E-state index in [-0.39, 0.29) is 0 Å². The molecule has 0 amide bonds. The van der Waals surface area contributed by atoms with Crippen molar-refractivity contribution in [3.8, 4) is 11.3 Å². The van der Waals surface area contributed by atoms with E-state index in [1.807, 2.05) is 12.1 Å². The highest BCUT2D eigenvalue weighted by Crippen LogP contribution is 2.42. The molecular weight excluding hydrogens is 222 g/mol. The van der Waals surface area contributed by atoms with E-state index in [1.165, 1.54) is 18.5 Å². The van der Waals surface area contributed by atoms with Crippen LogP contribution in [0.1, 0.15) is 30.0 Å². The number of rotatable bonds is 3. The highest BCUT2D eigenvalue weighted by molar-refractivity contribution is 6.17. The number of nitrogens with zero attached hydrogens (tertiary/aromatic N) is 2. The summed E-state index contributed by atoms with van der Waals surface area (Å²) in [6.45, 7) is 0. The Morgan fingerprint density at radius 3 is 2.69 bits per heavy atom. The Morgan fingerprint density at radius 1 is 1.31 bits per heavy atom. The predicted molar refractivity (Wildman–Crippen MR) is 63.4 cm³/mol. The molecule has 3 nitrogen and oxygen atoms in total. The van der Waals surface area contributed by atoms with Gasteiger partial charge in [-0.1, -0.05) is 0 Å². The summed E-state index contributed by atoms with van der Waals surface area (Å²) in [4.78, 5) is 4.01. The van der Waals surface area contributed by atoms with Gasteiger partial charge in [0.15, 0.2) is 0 Å². The number of nitrogens with one attached hydrogen (secondary N) is 1. The fraction of sp³-hybridized carbons (Fsp3) is 0.333. The molecule has 16 heavy (non-hydrogen) atoms. The molecule has 0 aliphatic heterocycles. The lowest BCUT2D eigenvalue weighted by Gasteiger charge is -2.00. The van der Waals surface area contributed by atoms with Crippen molar-refractivity contribution >= 4 is 11.6 Å². The van der Waals surface area contributed by atoms with Gasteiger partial charge in [0.05, 0.1) is 11.6 Å². The van der Waals surface area contributed by atoms with Crippen molar-refractivity contribution in [3.05, 3.63) is 35.8 Å². The Morgan fingerprint density at radius 2 is 2.06 bits per heavy atom. The third-order valence-corrected chi connectivity index (χ3v) is 3.24. The van der Waals surface area contributed by atoms with Crippen molar-refractivity contribution in [3.63, 3.8) is 0 Å². The van der Waals surface area contributed by atoms with Crippen molar-refractivity contribution in [1.29, 1.82) is 0 Å². The minimum atomic E-state index is 0.514. The van der Waals surface area contributed by atoms with Crippen LogP contribution in [0.2, 0.25) is 0 Å². The second kappa shape index (κ2) is 3.91. The molecule has 82 valence electrons. The molecule has 1 N–H and O–H groups in total. The maximum Gasteiger partial charge on any atom is 0.0968 e. The first-order valence-corrected chi connectivity index (χ1v) is 5.97. The summed E-state index contributed by atoms with van der Waals surface area (Å²) < 4.78 is 0. The average molecular weight is 234 g/mol. The molecule has 0 bridgehead atoms. The van der Waals surface area contributed by atoms with Gasteiger partial charge in [0.2, 0.25) is 0 Å². The number of hydrogen-bond acceptors (Lipinski definition) is 2. The molecule has 4 heteroatoms. The zero-order valence-electron chi connectivity index (χ0n) is 8.78. The highest BCUT2D eigenvalue weighted by atomic mass is 35.5. The Kier molecular flexibility index (Phi) is 2.40. The third-order valence-electron chi connectivity index (χ3n) is 2.97. The number of H-pyrrole nitrogens is 1. The zero-order chi connectivity index (χ0) is 11.0. The quantitative estimate of drug-likeness (QED) is 0.828. The number of halogens is 1. The number of hydrogen-bond donors (Lipinski definition) is 1. The van der Waals surface area contributed by atoms with Crippen LogP contribution in [0, 0.1) is 0 Å². The van der Waals surface area contributed by atoms with Crippen LogP contribution in [0.5, 0.6) is 0 Å². The molecule has 0 spiro atoms. The summed E-state index contributed by atoms with van der Waals surface area (Å²) in [6.07, 6.45) is 6.06. The molecule has 1 saturated carbocycles. The van der Waals surface area contributed by atoms with E-state index in [0.717, 1.165) is 16.8 Å². The van der Waals surface area contributed by atoms with Crippen LogP contribution in [-0.4, -0.2) is 15.2 Å². The van der Waals surface area contributed by atoms with Gasteiger partial charge < -0.3 is 0 Å². The first-order valence-electron chi connectivity index (χ1n) is 5.43. The summed E-state index contributed by atoms with van der Waals surface area (Å²) in [5.74, 6) is 1.16. The number of pyridine rings is 1. The van der Waals surface area contributed by atoms with Crippen molar-refractivity contribution in [1.82, 2.24) is 15.2 Å². The lowest BCUT2D eigenvalue weighted by Crippen LogP contribution is -1.87. The van der Waals surface area contributed by atoms with Crippen LogP contribution in [0.25, 0.3) is 11.3 Å². The summed E-state index contributed by atoms with van der Waals surface area (Å²) in [7, 11) is 0. The van der Waals surface area contributed by atoms with E-state index >= 15 is 0 Å². The van der Waals surface area contributed by atoms with Crippen LogP contribution < -0.4 is 0 Å². The molecule has 0 saturated heterocycles. The Bertz CT molecular complexity index is 488. The molecular formula is C12H12ClN3. The molecule has 1 fully saturated rings. The lowest BCUT2D eigenvalue weighted by molar-refractivity contribution is 0.958. The molecule has 3 rings (SSSR count). The second-order valence-electron chi connectivity index (χ2n) is 4.11. The van der Waals surface area contributed by atoms with E-state index in [2.05, 4.69) is 15.2 Å². The summed E-state index contributed by atoms with van der Waals surface area (Å²) in [5.41, 5.74) is 4.42. The SMILES string of the molecule is ClCc1c(-c2ccncc2)n[nH]c1C1CC1. The van der Waals surface area contributed by atoms with Crippen LogP contribution in [0.15, 0.2) is 24.5 Å². The number of aromatic nitrogens is 3. The standard InChI is InChI=1S/C12H12ClN3/c13-7-10-11(8-1-2-8)15-16-12(10)9-3-5-14-6-4-9/h3-6,8H,1-2,7H2,(H,15,16). The predicted octanol–water partition coefficient (Wildman–Crippen LogP) is 3.09. The fourth-order valence-electron chi connectivity index (χ4n) is 1.97. The van der Waals surface area contributed by atoms with Crippen molar-refractivity contribution in [2.75, 3.05) is 0 Å². The molecule has 0 aromatic carbocycles. The van der Waals surface area contributed by atoms with Gasteiger partial charge in [-0.25, -0.2) is 0 Å². The van der Waals surface area contributed by atoms with Gasteiger partial charge in [-0.15, -0.1) is 11.6 Å². The topological polar surface area (TPSA) is 41.6 Å². The van der Waals surface area contributed by atoms with Gasteiger partial charge in [0.25, 0.3) is 0 Å². The average Bonchev–Trinajstić information content (AvgIpc) is 3.09. The molecule has 0 atom stereocenters. The molecule has 2 aromatic rings. The van der Waals surface area contributed by atoms with Gasteiger partial charge in [0, 0.05) is 35.1 Å². The largest absolute Gasteiger partial charge is 0.281 e. The van der Waals surface area contributed by atoms with Gasteiger partial charge in [0.1, 0.15) is 0 Å².